The van der Waals surface area contributed by atoms with Gasteiger partial charge in [0.15, 0.2) is 0 Å². The quantitative estimate of drug-likeness (QED) is 0.861. The number of nitrogens with one attached hydrogen (secondary N) is 1. The summed E-state index contributed by atoms with van der Waals surface area (Å²) in [5, 5.41) is 14.5. The van der Waals surface area contributed by atoms with E-state index in [-0.39, 0.29) is 0 Å². The molecule has 1 aliphatic rings. The van der Waals surface area contributed by atoms with Crippen LogP contribution in [-0.2, 0) is 13.1 Å². The van der Waals surface area contributed by atoms with Crippen molar-refractivity contribution in [2.24, 2.45) is 11.8 Å². The van der Waals surface area contributed by atoms with Crippen molar-refractivity contribution in [1.29, 1.82) is 0 Å². The summed E-state index contributed by atoms with van der Waals surface area (Å²) in [5.41, 5.74) is 2.37. The lowest BCUT2D eigenvalue weighted by Crippen LogP contribution is -2.40. The van der Waals surface area contributed by atoms with E-state index in [2.05, 4.69) is 19.2 Å². The van der Waals surface area contributed by atoms with Crippen LogP contribution in [0.25, 0.3) is 10.9 Å². The van der Waals surface area contributed by atoms with Crippen molar-refractivity contribution in [3.8, 4) is 0 Å². The number of fused-ring (bicyclic) bond motifs is 1. The van der Waals surface area contributed by atoms with E-state index in [0.717, 1.165) is 22.4 Å². The molecule has 3 unspecified atom stereocenters. The van der Waals surface area contributed by atoms with Crippen LogP contribution in [0.2, 0.25) is 0 Å². The van der Waals surface area contributed by atoms with Crippen molar-refractivity contribution in [2.75, 3.05) is 0 Å². The molecule has 0 radical (unpaired) electrons. The monoisotopic (exact) mass is 328 g/mol. The number of benzene rings is 1. The Kier molecular flexibility index (Phi) is 4.95. The van der Waals surface area contributed by atoms with E-state index in [1.54, 1.807) is 0 Å². The Bertz CT molecular complexity index is 735. The number of carboxylic acid groups (broad SMARTS) is 1. The number of aromatic nitrogens is 1. The number of para-hydroxylation sites is 1. The highest BCUT2D eigenvalue weighted by atomic mass is 16.4. The molecule has 1 aromatic carbocycles. The predicted octanol–water partition coefficient (Wildman–Crippen LogP) is 4.27. The average molecular weight is 328 g/mol. The molecule has 0 spiro atoms. The number of carboxylic acids is 1. The van der Waals surface area contributed by atoms with Crippen LogP contribution >= 0.6 is 0 Å². The third kappa shape index (κ3) is 2.95. The molecule has 4 heteroatoms. The Morgan fingerprint density at radius 1 is 1.29 bits per heavy atom. The van der Waals surface area contributed by atoms with Gasteiger partial charge in [0.05, 0.1) is 0 Å². The third-order valence-corrected chi connectivity index (χ3v) is 5.84. The molecule has 130 valence electrons. The van der Waals surface area contributed by atoms with Gasteiger partial charge in [0, 0.05) is 35.6 Å². The van der Waals surface area contributed by atoms with Crippen molar-refractivity contribution < 1.29 is 9.90 Å². The van der Waals surface area contributed by atoms with E-state index in [0.29, 0.717) is 30.7 Å². The van der Waals surface area contributed by atoms with Crippen LogP contribution in [0.4, 0.5) is 0 Å². The van der Waals surface area contributed by atoms with E-state index in [1.165, 1.54) is 19.3 Å². The van der Waals surface area contributed by atoms with Crippen molar-refractivity contribution in [3.05, 3.63) is 35.5 Å². The molecule has 2 aromatic rings. The minimum Gasteiger partial charge on any atom is -0.477 e. The minimum absolute atomic E-state index is 0.433. The Labute approximate surface area is 143 Å². The zero-order valence-corrected chi connectivity index (χ0v) is 14.9. The molecule has 1 heterocycles. The summed E-state index contributed by atoms with van der Waals surface area (Å²) in [5.74, 6) is 0.522. The third-order valence-electron chi connectivity index (χ3n) is 5.84. The number of rotatable bonds is 5. The fourth-order valence-electron chi connectivity index (χ4n) is 4.23. The Morgan fingerprint density at radius 2 is 2.04 bits per heavy atom. The highest BCUT2D eigenvalue weighted by molar-refractivity contribution is 5.98. The van der Waals surface area contributed by atoms with Crippen LogP contribution in [0.15, 0.2) is 24.3 Å². The van der Waals surface area contributed by atoms with E-state index in [4.69, 9.17) is 0 Å². The molecular formula is C20H28N2O2. The largest absolute Gasteiger partial charge is 0.477 e. The molecule has 3 atom stereocenters. The van der Waals surface area contributed by atoms with Gasteiger partial charge in [-0.15, -0.1) is 0 Å². The van der Waals surface area contributed by atoms with Crippen LogP contribution in [0.5, 0.6) is 0 Å². The SMILES string of the molecule is CCn1c(C(=O)O)c(CNC2CCCC(C)C2C)c2ccccc21. The first-order valence-corrected chi connectivity index (χ1v) is 9.11. The molecule has 3 rings (SSSR count). The van der Waals surface area contributed by atoms with Gasteiger partial charge in [-0.05, 0) is 31.2 Å². The van der Waals surface area contributed by atoms with Crippen LogP contribution in [-0.4, -0.2) is 21.7 Å². The van der Waals surface area contributed by atoms with E-state index in [1.807, 2.05) is 35.8 Å². The molecule has 1 aliphatic carbocycles. The number of hydrogen-bond acceptors (Lipinski definition) is 2. The van der Waals surface area contributed by atoms with Gasteiger partial charge in [0.25, 0.3) is 0 Å². The van der Waals surface area contributed by atoms with Gasteiger partial charge < -0.3 is 15.0 Å². The minimum atomic E-state index is -0.838. The van der Waals surface area contributed by atoms with Crippen molar-refractivity contribution in [3.63, 3.8) is 0 Å². The molecular weight excluding hydrogens is 300 g/mol. The maximum atomic E-state index is 11.9. The second-order valence-electron chi connectivity index (χ2n) is 7.15. The molecule has 1 aromatic heterocycles. The Balaban J connectivity index is 1.94. The second kappa shape index (κ2) is 6.98. The van der Waals surface area contributed by atoms with Gasteiger partial charge in [0.2, 0.25) is 0 Å². The van der Waals surface area contributed by atoms with Crippen molar-refractivity contribution >= 4 is 16.9 Å². The lowest BCUT2D eigenvalue weighted by molar-refractivity contribution is 0.0684. The van der Waals surface area contributed by atoms with Crippen LogP contribution in [0.1, 0.15) is 56.1 Å². The summed E-state index contributed by atoms with van der Waals surface area (Å²) in [6, 6.07) is 8.49. The lowest BCUT2D eigenvalue weighted by atomic mass is 9.78. The predicted molar refractivity (Wildman–Crippen MR) is 97.4 cm³/mol. The summed E-state index contributed by atoms with van der Waals surface area (Å²) in [6.45, 7) is 7.93. The lowest BCUT2D eigenvalue weighted by Gasteiger charge is -2.34. The topological polar surface area (TPSA) is 54.3 Å². The molecule has 4 nitrogen and oxygen atoms in total. The first kappa shape index (κ1) is 17.0. The summed E-state index contributed by atoms with van der Waals surface area (Å²) in [7, 11) is 0. The number of carbonyl (C=O) groups is 1. The number of aromatic carboxylic acids is 1. The summed E-state index contributed by atoms with van der Waals surface area (Å²) < 4.78 is 1.92. The molecule has 0 bridgehead atoms. The van der Waals surface area contributed by atoms with Gasteiger partial charge in [-0.1, -0.05) is 44.9 Å². The van der Waals surface area contributed by atoms with E-state index >= 15 is 0 Å². The Morgan fingerprint density at radius 3 is 2.75 bits per heavy atom. The zero-order valence-electron chi connectivity index (χ0n) is 14.9. The molecule has 2 N–H and O–H groups in total. The summed E-state index contributed by atoms with van der Waals surface area (Å²) in [4.78, 5) is 11.9. The first-order chi connectivity index (χ1) is 11.5. The van der Waals surface area contributed by atoms with Gasteiger partial charge in [-0.2, -0.15) is 0 Å². The number of hydrogen-bond donors (Lipinski definition) is 2. The smallest absolute Gasteiger partial charge is 0.352 e. The standard InChI is InChI=1S/C20H28N2O2/c1-4-22-18-11-6-5-9-15(18)16(19(22)20(23)24)12-21-17-10-7-8-13(2)14(17)3/h5-6,9,11,13-14,17,21H,4,7-8,10,12H2,1-3H3,(H,23,24). The van der Waals surface area contributed by atoms with Gasteiger partial charge in [0.1, 0.15) is 5.69 Å². The van der Waals surface area contributed by atoms with Gasteiger partial charge in [-0.25, -0.2) is 4.79 Å². The maximum absolute atomic E-state index is 11.9. The van der Waals surface area contributed by atoms with Crippen LogP contribution in [0, 0.1) is 11.8 Å². The van der Waals surface area contributed by atoms with E-state index < -0.39 is 5.97 Å². The molecule has 1 fully saturated rings. The number of aryl methyl sites for hydroxylation is 1. The summed E-state index contributed by atoms with van der Waals surface area (Å²) >= 11 is 0. The fourth-order valence-corrected chi connectivity index (χ4v) is 4.23. The van der Waals surface area contributed by atoms with Crippen LogP contribution in [0.3, 0.4) is 0 Å². The molecule has 0 aliphatic heterocycles. The average Bonchev–Trinajstić information content (AvgIpc) is 2.90. The van der Waals surface area contributed by atoms with Crippen LogP contribution < -0.4 is 5.32 Å². The maximum Gasteiger partial charge on any atom is 0.352 e. The van der Waals surface area contributed by atoms with Crippen molar-refractivity contribution in [2.45, 2.75) is 59.2 Å². The highest BCUT2D eigenvalue weighted by Gasteiger charge is 2.28. The molecule has 0 amide bonds. The molecule has 1 saturated carbocycles. The number of nitrogens with zero attached hydrogens (tertiary/aromatic N) is 1. The van der Waals surface area contributed by atoms with Gasteiger partial charge >= 0.3 is 5.97 Å². The zero-order chi connectivity index (χ0) is 17.3. The highest BCUT2D eigenvalue weighted by Crippen LogP contribution is 2.31. The first-order valence-electron chi connectivity index (χ1n) is 9.11. The fraction of sp³-hybridized carbons (Fsp3) is 0.550. The normalized spacial score (nSPS) is 24.4. The molecule has 24 heavy (non-hydrogen) atoms. The van der Waals surface area contributed by atoms with E-state index in [9.17, 15) is 9.90 Å². The van der Waals surface area contributed by atoms with Gasteiger partial charge in [-0.3, -0.25) is 0 Å². The Hall–Kier alpha value is -1.81. The second-order valence-corrected chi connectivity index (χ2v) is 7.15. The summed E-state index contributed by atoms with van der Waals surface area (Å²) in [6.07, 6.45) is 3.74. The van der Waals surface area contributed by atoms with Crippen molar-refractivity contribution in [1.82, 2.24) is 9.88 Å². The molecule has 0 saturated heterocycles.